The Balaban J connectivity index is 1.72. The number of nitrogens with zero attached hydrogens (tertiary/aromatic N) is 3. The van der Waals surface area contributed by atoms with E-state index in [1.807, 2.05) is 47.0 Å². The van der Waals surface area contributed by atoms with E-state index < -0.39 is 0 Å². The summed E-state index contributed by atoms with van der Waals surface area (Å²) < 4.78 is 12.9. The molecule has 23 heavy (non-hydrogen) atoms. The van der Waals surface area contributed by atoms with Crippen LogP contribution in [0.5, 0.6) is 11.5 Å². The number of ether oxygens (including phenoxy) is 2. The second-order valence-electron chi connectivity index (χ2n) is 5.42. The van der Waals surface area contributed by atoms with Crippen LogP contribution in [0, 0.1) is 0 Å². The van der Waals surface area contributed by atoms with E-state index in [1.54, 1.807) is 0 Å². The molecule has 0 amide bonds. The molecular weight excluding hydrogens is 294 g/mol. The van der Waals surface area contributed by atoms with Gasteiger partial charge in [-0.2, -0.15) is 0 Å². The van der Waals surface area contributed by atoms with Gasteiger partial charge in [0.25, 0.3) is 0 Å². The fourth-order valence-electron chi connectivity index (χ4n) is 3.01. The minimum atomic E-state index is -0.298. The Labute approximate surface area is 131 Å². The summed E-state index contributed by atoms with van der Waals surface area (Å²) in [7, 11) is 0. The van der Waals surface area contributed by atoms with Gasteiger partial charge in [0.2, 0.25) is 12.7 Å². The first-order valence-corrected chi connectivity index (χ1v) is 7.26. The molecule has 3 heterocycles. The van der Waals surface area contributed by atoms with Gasteiger partial charge in [-0.3, -0.25) is 9.88 Å². The third-order valence-electron chi connectivity index (χ3n) is 4.04. The third kappa shape index (κ3) is 1.76. The number of aromatic nitrogens is 2. The van der Waals surface area contributed by atoms with Crippen molar-refractivity contribution >= 4 is 22.9 Å². The van der Waals surface area contributed by atoms with Gasteiger partial charge in [-0.1, -0.05) is 18.2 Å². The van der Waals surface area contributed by atoms with E-state index in [1.165, 1.54) is 0 Å². The van der Waals surface area contributed by atoms with E-state index >= 15 is 0 Å². The first-order chi connectivity index (χ1) is 11.3. The molecule has 2 aromatic carbocycles. The standard InChI is InChI=1S/C16H13N5O2/c17-15-19-14(9-5-6-12-13(7-9)23-8-22-12)21-11-4-2-1-3-10(11)18-16(21)20-15/h1-7,14H,8H2,(H3,17,18,19,20)/t14-/m1/s1. The molecular formula is C16H13N5O2. The molecule has 0 fully saturated rings. The van der Waals surface area contributed by atoms with Crippen molar-refractivity contribution in [1.82, 2.24) is 9.55 Å². The number of para-hydroxylation sites is 2. The van der Waals surface area contributed by atoms with Gasteiger partial charge in [0.15, 0.2) is 23.6 Å². The normalized spacial score (nSPS) is 18.4. The van der Waals surface area contributed by atoms with Crippen LogP contribution >= 0.6 is 0 Å². The summed E-state index contributed by atoms with van der Waals surface area (Å²) in [5.41, 5.74) is 8.79. The lowest BCUT2D eigenvalue weighted by molar-refractivity contribution is 0.174. The number of nitrogens with one attached hydrogen (secondary N) is 1. The number of imidazole rings is 1. The van der Waals surface area contributed by atoms with Gasteiger partial charge in [-0.15, -0.1) is 0 Å². The van der Waals surface area contributed by atoms with Crippen LogP contribution in [0.3, 0.4) is 0 Å². The zero-order chi connectivity index (χ0) is 15.4. The summed E-state index contributed by atoms with van der Waals surface area (Å²) in [5.74, 6) is 2.49. The Morgan fingerprint density at radius 1 is 1.13 bits per heavy atom. The van der Waals surface area contributed by atoms with Crippen molar-refractivity contribution in [3.05, 3.63) is 48.0 Å². The van der Waals surface area contributed by atoms with Crippen LogP contribution in [0.15, 0.2) is 47.5 Å². The number of hydrogen-bond donors (Lipinski definition) is 2. The van der Waals surface area contributed by atoms with Crippen molar-refractivity contribution in [2.75, 3.05) is 12.1 Å². The van der Waals surface area contributed by atoms with Crippen molar-refractivity contribution in [3.8, 4) is 11.5 Å². The largest absolute Gasteiger partial charge is 0.454 e. The summed E-state index contributed by atoms with van der Waals surface area (Å²) in [6.45, 7) is 0.246. The fourth-order valence-corrected chi connectivity index (χ4v) is 3.01. The predicted octanol–water partition coefficient (Wildman–Crippen LogP) is 2.05. The van der Waals surface area contributed by atoms with E-state index in [-0.39, 0.29) is 13.0 Å². The topological polar surface area (TPSA) is 86.7 Å². The minimum absolute atomic E-state index is 0.246. The van der Waals surface area contributed by atoms with Crippen molar-refractivity contribution in [3.63, 3.8) is 0 Å². The fraction of sp³-hybridized carbons (Fsp3) is 0.125. The van der Waals surface area contributed by atoms with Crippen LogP contribution in [0.4, 0.5) is 5.95 Å². The third-order valence-corrected chi connectivity index (χ3v) is 4.04. The molecule has 0 unspecified atom stereocenters. The molecule has 7 heteroatoms. The highest BCUT2D eigenvalue weighted by molar-refractivity contribution is 5.94. The molecule has 0 spiro atoms. The highest BCUT2D eigenvalue weighted by Gasteiger charge is 2.26. The first-order valence-electron chi connectivity index (χ1n) is 7.26. The Morgan fingerprint density at radius 2 is 2.00 bits per heavy atom. The van der Waals surface area contributed by atoms with Crippen LogP contribution in [0.25, 0.3) is 11.0 Å². The second kappa shape index (κ2) is 4.39. The molecule has 3 aromatic rings. The molecule has 0 saturated heterocycles. The number of benzene rings is 2. The molecule has 7 nitrogen and oxygen atoms in total. The lowest BCUT2D eigenvalue weighted by Crippen LogP contribution is -2.31. The summed E-state index contributed by atoms with van der Waals surface area (Å²) in [6.07, 6.45) is -0.298. The molecule has 0 aliphatic carbocycles. The Morgan fingerprint density at radius 3 is 2.96 bits per heavy atom. The molecule has 2 aliphatic heterocycles. The van der Waals surface area contributed by atoms with Crippen molar-refractivity contribution in [2.45, 2.75) is 6.17 Å². The smallest absolute Gasteiger partial charge is 0.231 e. The van der Waals surface area contributed by atoms with E-state index in [9.17, 15) is 0 Å². The number of guanidine groups is 1. The van der Waals surface area contributed by atoms with Gasteiger partial charge in [0.05, 0.1) is 11.0 Å². The minimum Gasteiger partial charge on any atom is -0.454 e. The summed E-state index contributed by atoms with van der Waals surface area (Å²) in [6, 6.07) is 13.7. The van der Waals surface area contributed by atoms with Gasteiger partial charge >= 0.3 is 0 Å². The van der Waals surface area contributed by atoms with E-state index in [4.69, 9.17) is 15.2 Å². The van der Waals surface area contributed by atoms with E-state index in [0.29, 0.717) is 11.9 Å². The number of aliphatic imine (C=N–C) groups is 1. The van der Waals surface area contributed by atoms with Gasteiger partial charge in [-0.05, 0) is 24.3 Å². The summed E-state index contributed by atoms with van der Waals surface area (Å²) in [5, 5.41) is 3.03. The lowest BCUT2D eigenvalue weighted by atomic mass is 10.1. The molecule has 0 saturated carbocycles. The van der Waals surface area contributed by atoms with Gasteiger partial charge in [0.1, 0.15) is 0 Å². The van der Waals surface area contributed by atoms with Crippen molar-refractivity contribution in [2.24, 2.45) is 10.7 Å². The van der Waals surface area contributed by atoms with Crippen LogP contribution < -0.4 is 20.5 Å². The molecule has 2 aliphatic rings. The van der Waals surface area contributed by atoms with Crippen LogP contribution in [-0.2, 0) is 0 Å². The highest BCUT2D eigenvalue weighted by Crippen LogP contribution is 2.38. The maximum atomic E-state index is 5.94. The Bertz CT molecular complexity index is 962. The number of fused-ring (bicyclic) bond motifs is 4. The quantitative estimate of drug-likeness (QED) is 0.718. The van der Waals surface area contributed by atoms with E-state index in [0.717, 1.165) is 28.1 Å². The Hall–Kier alpha value is -3.22. The maximum Gasteiger partial charge on any atom is 0.231 e. The zero-order valence-electron chi connectivity index (χ0n) is 12.1. The van der Waals surface area contributed by atoms with Gasteiger partial charge < -0.3 is 15.2 Å². The molecule has 0 bridgehead atoms. The van der Waals surface area contributed by atoms with E-state index in [2.05, 4.69) is 15.3 Å². The molecule has 0 radical (unpaired) electrons. The molecule has 1 aromatic heterocycles. The van der Waals surface area contributed by atoms with Crippen molar-refractivity contribution < 1.29 is 9.47 Å². The SMILES string of the molecule is NC1=N[C@@H](c2ccc3c(c2)OCO3)n2c(nc3ccccc32)N1. The first kappa shape index (κ1) is 12.3. The number of rotatable bonds is 1. The van der Waals surface area contributed by atoms with Crippen LogP contribution in [-0.4, -0.2) is 22.3 Å². The van der Waals surface area contributed by atoms with Crippen LogP contribution in [0.2, 0.25) is 0 Å². The Kier molecular flexibility index (Phi) is 2.35. The van der Waals surface area contributed by atoms with Gasteiger partial charge in [0, 0.05) is 5.56 Å². The maximum absolute atomic E-state index is 5.94. The van der Waals surface area contributed by atoms with Crippen molar-refractivity contribution in [1.29, 1.82) is 0 Å². The monoisotopic (exact) mass is 307 g/mol. The zero-order valence-corrected chi connectivity index (χ0v) is 12.1. The summed E-state index contributed by atoms with van der Waals surface area (Å²) >= 11 is 0. The highest BCUT2D eigenvalue weighted by atomic mass is 16.7. The molecule has 114 valence electrons. The lowest BCUT2D eigenvalue weighted by Gasteiger charge is -2.23. The second-order valence-corrected chi connectivity index (χ2v) is 5.42. The number of hydrogen-bond acceptors (Lipinski definition) is 6. The summed E-state index contributed by atoms with van der Waals surface area (Å²) in [4.78, 5) is 9.14. The number of nitrogens with two attached hydrogens (primary N) is 1. The average molecular weight is 307 g/mol. The average Bonchev–Trinajstić information content (AvgIpc) is 3.17. The van der Waals surface area contributed by atoms with Gasteiger partial charge in [-0.25, -0.2) is 9.98 Å². The number of anilines is 1. The molecule has 1 atom stereocenters. The molecule has 3 N–H and O–H groups in total. The van der Waals surface area contributed by atoms with Crippen LogP contribution in [0.1, 0.15) is 11.7 Å². The predicted molar refractivity (Wildman–Crippen MR) is 85.7 cm³/mol. The molecule has 5 rings (SSSR count).